The summed E-state index contributed by atoms with van der Waals surface area (Å²) in [5, 5.41) is 21.2. The Labute approximate surface area is 187 Å². The van der Waals surface area contributed by atoms with Crippen LogP contribution in [0.2, 0.25) is 0 Å². The van der Waals surface area contributed by atoms with Crippen LogP contribution in [0.4, 0.5) is 0 Å². The molecule has 0 aliphatic carbocycles. The molecule has 1 amide bonds. The lowest BCUT2D eigenvalue weighted by Crippen LogP contribution is -2.32. The van der Waals surface area contributed by atoms with E-state index in [1.54, 1.807) is 24.3 Å². The number of aliphatic hydroxyl groups is 1. The predicted octanol–water partition coefficient (Wildman–Crippen LogP) is 3.09. The zero-order valence-electron chi connectivity index (χ0n) is 18.5. The maximum absolute atomic E-state index is 13.1. The Kier molecular flexibility index (Phi) is 5.93. The van der Waals surface area contributed by atoms with Gasteiger partial charge in [0, 0.05) is 18.5 Å². The van der Waals surface area contributed by atoms with E-state index >= 15 is 0 Å². The molecule has 0 radical (unpaired) electrons. The van der Waals surface area contributed by atoms with Crippen molar-refractivity contribution in [2.24, 2.45) is 0 Å². The van der Waals surface area contributed by atoms with Gasteiger partial charge in [-0.2, -0.15) is 0 Å². The molecule has 4 rings (SSSR count). The monoisotopic (exact) mass is 436 g/mol. The molecule has 2 heterocycles. The van der Waals surface area contributed by atoms with Gasteiger partial charge in [-0.1, -0.05) is 12.1 Å². The van der Waals surface area contributed by atoms with Crippen LogP contribution in [-0.2, 0) is 16.0 Å². The van der Waals surface area contributed by atoms with Crippen LogP contribution in [-0.4, -0.2) is 65.0 Å². The van der Waals surface area contributed by atoms with Gasteiger partial charge in [-0.05, 0) is 75.4 Å². The lowest BCUT2D eigenvalue weighted by atomic mass is 9.94. The number of aliphatic hydroxyl groups excluding tert-OH is 1. The van der Waals surface area contributed by atoms with Gasteiger partial charge in [0.15, 0.2) is 0 Å². The Bertz CT molecular complexity index is 1090. The van der Waals surface area contributed by atoms with Gasteiger partial charge in [0.25, 0.3) is 11.7 Å². The number of ether oxygens (including phenoxy) is 1. The van der Waals surface area contributed by atoms with Gasteiger partial charge in [-0.25, -0.2) is 0 Å². The van der Waals surface area contributed by atoms with E-state index in [1.165, 1.54) is 17.0 Å². The number of rotatable bonds is 6. The molecule has 32 heavy (non-hydrogen) atoms. The summed E-state index contributed by atoms with van der Waals surface area (Å²) in [5.41, 5.74) is 2.04. The quantitative estimate of drug-likeness (QED) is 0.411. The zero-order valence-corrected chi connectivity index (χ0v) is 18.5. The fourth-order valence-corrected chi connectivity index (χ4v) is 4.43. The Morgan fingerprint density at radius 1 is 1.19 bits per heavy atom. The van der Waals surface area contributed by atoms with Gasteiger partial charge in [0.2, 0.25) is 0 Å². The molecule has 7 heteroatoms. The van der Waals surface area contributed by atoms with E-state index in [0.29, 0.717) is 30.5 Å². The van der Waals surface area contributed by atoms with Gasteiger partial charge in [-0.3, -0.25) is 9.59 Å². The summed E-state index contributed by atoms with van der Waals surface area (Å²) in [6, 6.07) is 11.0. The van der Waals surface area contributed by atoms with Crippen molar-refractivity contribution in [1.29, 1.82) is 0 Å². The van der Waals surface area contributed by atoms with Crippen LogP contribution in [0.3, 0.4) is 0 Å². The van der Waals surface area contributed by atoms with Crippen molar-refractivity contribution in [3.8, 4) is 11.5 Å². The molecule has 2 N–H and O–H groups in total. The highest BCUT2D eigenvalue weighted by molar-refractivity contribution is 6.46. The highest BCUT2D eigenvalue weighted by Gasteiger charge is 2.46. The van der Waals surface area contributed by atoms with E-state index in [0.717, 1.165) is 17.9 Å². The van der Waals surface area contributed by atoms with Crippen LogP contribution in [0, 0.1) is 0 Å². The fourth-order valence-electron chi connectivity index (χ4n) is 4.43. The van der Waals surface area contributed by atoms with Crippen molar-refractivity contribution in [2.75, 3.05) is 27.2 Å². The number of phenols is 1. The largest absolute Gasteiger partial charge is 0.508 e. The third kappa shape index (κ3) is 4.08. The second-order valence-corrected chi connectivity index (χ2v) is 8.70. The highest BCUT2D eigenvalue weighted by atomic mass is 16.5. The molecule has 2 atom stereocenters. The van der Waals surface area contributed by atoms with E-state index in [4.69, 9.17) is 4.74 Å². The summed E-state index contributed by atoms with van der Waals surface area (Å²) >= 11 is 0. The van der Waals surface area contributed by atoms with Crippen molar-refractivity contribution >= 4 is 17.4 Å². The number of ketones is 1. The lowest BCUT2D eigenvalue weighted by molar-refractivity contribution is -0.139. The second kappa shape index (κ2) is 8.67. The lowest BCUT2D eigenvalue weighted by Gasteiger charge is -2.26. The fraction of sp³-hybridized carbons (Fsp3) is 0.360. The van der Waals surface area contributed by atoms with Crippen LogP contribution in [0.15, 0.2) is 48.0 Å². The number of nitrogens with zero attached hydrogens (tertiary/aromatic N) is 2. The molecule has 0 saturated carbocycles. The second-order valence-electron chi connectivity index (χ2n) is 8.70. The number of hydrogen-bond donors (Lipinski definition) is 2. The molecule has 2 aromatic carbocycles. The summed E-state index contributed by atoms with van der Waals surface area (Å²) in [6.07, 6.45) is 1.44. The summed E-state index contributed by atoms with van der Waals surface area (Å²) in [4.78, 5) is 29.5. The van der Waals surface area contributed by atoms with E-state index in [9.17, 15) is 19.8 Å². The number of Topliss-reactive ketones (excluding diaryl/α,β-unsaturated/α-hetero) is 1. The number of likely N-dealkylation sites (tertiary alicyclic amines) is 1. The first-order valence-corrected chi connectivity index (χ1v) is 10.8. The molecule has 2 aromatic rings. The molecule has 0 bridgehead atoms. The van der Waals surface area contributed by atoms with E-state index in [-0.39, 0.29) is 23.2 Å². The van der Waals surface area contributed by atoms with Crippen LogP contribution < -0.4 is 4.74 Å². The first kappa shape index (κ1) is 21.9. The number of hydrogen-bond acceptors (Lipinski definition) is 6. The minimum Gasteiger partial charge on any atom is -0.508 e. The minimum absolute atomic E-state index is 0.0325. The molecule has 2 aliphatic rings. The van der Waals surface area contributed by atoms with Gasteiger partial charge >= 0.3 is 0 Å². The number of fused-ring (bicyclic) bond motifs is 1. The molecule has 1 fully saturated rings. The smallest absolute Gasteiger partial charge is 0.295 e. The topological polar surface area (TPSA) is 90.3 Å². The number of amides is 1. The van der Waals surface area contributed by atoms with Crippen molar-refractivity contribution in [3.63, 3.8) is 0 Å². The molecule has 7 nitrogen and oxygen atoms in total. The first-order chi connectivity index (χ1) is 15.3. The van der Waals surface area contributed by atoms with E-state index < -0.39 is 17.7 Å². The Balaban J connectivity index is 1.78. The van der Waals surface area contributed by atoms with E-state index in [1.807, 2.05) is 32.0 Å². The summed E-state index contributed by atoms with van der Waals surface area (Å²) < 4.78 is 5.73. The number of aromatic hydroxyl groups is 1. The standard InChI is InChI=1S/C25H28N2O5/c1-15-12-18-13-17(8-9-20(18)32-15)23(29)21-22(16-6-4-7-19(28)14-16)27(25(31)24(21)30)11-5-10-26(2)3/h4,6-9,13-15,22,28-29H,5,10-12H2,1-3H3/t15-,22-/m0/s1. The number of phenolic OH excluding ortho intramolecular Hbond substituents is 1. The molecular formula is C25H28N2O5. The number of carbonyl (C=O) groups excluding carboxylic acids is 2. The third-order valence-electron chi connectivity index (χ3n) is 5.90. The highest BCUT2D eigenvalue weighted by Crippen LogP contribution is 2.41. The molecule has 0 unspecified atom stereocenters. The molecule has 0 spiro atoms. The maximum Gasteiger partial charge on any atom is 0.295 e. The van der Waals surface area contributed by atoms with Crippen molar-refractivity contribution in [1.82, 2.24) is 9.80 Å². The van der Waals surface area contributed by atoms with Gasteiger partial charge < -0.3 is 24.7 Å². The Morgan fingerprint density at radius 2 is 1.97 bits per heavy atom. The summed E-state index contributed by atoms with van der Waals surface area (Å²) in [7, 11) is 3.89. The van der Waals surface area contributed by atoms with Crippen molar-refractivity contribution in [3.05, 3.63) is 64.7 Å². The Hall–Kier alpha value is -3.32. The normalized spacial score (nSPS) is 21.8. The summed E-state index contributed by atoms with van der Waals surface area (Å²) in [5.74, 6) is -0.774. The number of carbonyl (C=O) groups is 2. The van der Waals surface area contributed by atoms with Crippen LogP contribution in [0.5, 0.6) is 11.5 Å². The molecular weight excluding hydrogens is 408 g/mol. The summed E-state index contributed by atoms with van der Waals surface area (Å²) in [6.45, 7) is 3.08. The minimum atomic E-state index is -0.771. The molecule has 2 aliphatic heterocycles. The van der Waals surface area contributed by atoms with Crippen LogP contribution in [0.25, 0.3) is 5.76 Å². The Morgan fingerprint density at radius 3 is 2.69 bits per heavy atom. The third-order valence-corrected chi connectivity index (χ3v) is 5.90. The first-order valence-electron chi connectivity index (χ1n) is 10.8. The maximum atomic E-state index is 13.1. The average Bonchev–Trinajstić information content (AvgIpc) is 3.24. The predicted molar refractivity (Wildman–Crippen MR) is 121 cm³/mol. The van der Waals surface area contributed by atoms with Gasteiger partial charge in [0.1, 0.15) is 23.4 Å². The van der Waals surface area contributed by atoms with Crippen LogP contribution >= 0.6 is 0 Å². The van der Waals surface area contributed by atoms with E-state index in [2.05, 4.69) is 0 Å². The van der Waals surface area contributed by atoms with Gasteiger partial charge in [0.05, 0.1) is 11.6 Å². The molecule has 1 saturated heterocycles. The zero-order chi connectivity index (χ0) is 23.0. The SMILES string of the molecule is C[C@H]1Cc2cc(C(O)=C3C(=O)C(=O)N(CCCN(C)C)[C@H]3c3cccc(O)c3)ccc2O1. The number of benzene rings is 2. The van der Waals surface area contributed by atoms with Gasteiger partial charge in [-0.15, -0.1) is 0 Å². The average molecular weight is 437 g/mol. The molecule has 168 valence electrons. The van der Waals surface area contributed by atoms with Crippen molar-refractivity contribution in [2.45, 2.75) is 31.9 Å². The molecule has 0 aromatic heterocycles. The van der Waals surface area contributed by atoms with Crippen molar-refractivity contribution < 1.29 is 24.5 Å². The van der Waals surface area contributed by atoms with Crippen LogP contribution in [0.1, 0.15) is 36.1 Å².